The summed E-state index contributed by atoms with van der Waals surface area (Å²) < 4.78 is 36.2. The Morgan fingerprint density at radius 1 is 0.938 bits per heavy atom. The number of ether oxygens (including phenoxy) is 6. The maximum Gasteiger partial charge on any atom is 0.329 e. The van der Waals surface area contributed by atoms with Crippen molar-refractivity contribution in [3.8, 4) is 5.75 Å². The molecule has 65 heavy (non-hydrogen) atoms. The van der Waals surface area contributed by atoms with E-state index in [4.69, 9.17) is 34.2 Å². The SMILES string of the molecule is CCC1C=C(C)CC(C)CC(OC)C2OC(O)(C(=O)C(=O)N3CCCCC3C(=O)OC(C(C)=CC3CCC(N)C(OCC=Cc4ccc(OC)cc4)C3)C(C)CCC1=O)C(C)CC2OC. The molecular weight excluding hydrogens is 829 g/mol. The summed E-state index contributed by atoms with van der Waals surface area (Å²) in [6.45, 7) is 12.3. The van der Waals surface area contributed by atoms with Crippen molar-refractivity contribution < 1.29 is 52.7 Å². The predicted octanol–water partition coefficient (Wildman–Crippen LogP) is 7.56. The van der Waals surface area contributed by atoms with Gasteiger partial charge < -0.3 is 44.2 Å². The van der Waals surface area contributed by atoms with E-state index < -0.39 is 59.8 Å². The Hall–Kier alpha value is -3.72. The first kappa shape index (κ1) is 52.3. The Morgan fingerprint density at radius 2 is 1.65 bits per heavy atom. The van der Waals surface area contributed by atoms with Crippen LogP contribution in [-0.2, 0) is 42.9 Å². The fourth-order valence-corrected chi connectivity index (χ4v) is 10.5. The minimum Gasteiger partial charge on any atom is -0.497 e. The van der Waals surface area contributed by atoms with Crippen molar-refractivity contribution in [3.05, 3.63) is 59.2 Å². The van der Waals surface area contributed by atoms with Crippen LogP contribution in [0.15, 0.2) is 53.6 Å². The second-order valence-electron chi connectivity index (χ2n) is 19.4. The van der Waals surface area contributed by atoms with Crippen molar-refractivity contribution in [3.63, 3.8) is 0 Å². The number of hydrogen-bond acceptors (Lipinski definition) is 12. The number of fused-ring (bicyclic) bond motifs is 3. The molecule has 1 amide bonds. The number of aliphatic hydroxyl groups is 1. The lowest BCUT2D eigenvalue weighted by molar-refractivity contribution is -0.302. The summed E-state index contributed by atoms with van der Waals surface area (Å²) >= 11 is 0. The largest absolute Gasteiger partial charge is 0.497 e. The van der Waals surface area contributed by atoms with Crippen LogP contribution < -0.4 is 10.5 Å². The van der Waals surface area contributed by atoms with Gasteiger partial charge in [0.05, 0.1) is 32.0 Å². The van der Waals surface area contributed by atoms with E-state index in [1.807, 2.05) is 64.1 Å². The van der Waals surface area contributed by atoms with Gasteiger partial charge in [0.15, 0.2) is 0 Å². The minimum atomic E-state index is -2.47. The lowest BCUT2D eigenvalue weighted by atomic mass is 9.81. The summed E-state index contributed by atoms with van der Waals surface area (Å²) in [6.07, 6.45) is 12.1. The van der Waals surface area contributed by atoms with Crippen molar-refractivity contribution in [1.82, 2.24) is 4.90 Å². The van der Waals surface area contributed by atoms with Crippen LogP contribution in [0.4, 0.5) is 0 Å². The van der Waals surface area contributed by atoms with Crippen LogP contribution in [-0.4, -0.2) is 116 Å². The summed E-state index contributed by atoms with van der Waals surface area (Å²) in [5.74, 6) is -5.40. The number of esters is 1. The second-order valence-corrected chi connectivity index (χ2v) is 19.4. The Labute approximate surface area is 387 Å². The highest BCUT2D eigenvalue weighted by molar-refractivity contribution is 6.39. The second kappa shape index (κ2) is 24.3. The summed E-state index contributed by atoms with van der Waals surface area (Å²) in [7, 11) is 4.75. The Balaban J connectivity index is 1.42. The molecule has 1 aromatic carbocycles. The monoisotopic (exact) mass is 907 g/mol. The zero-order chi connectivity index (χ0) is 47.4. The molecule has 1 aliphatic carbocycles. The molecule has 13 unspecified atom stereocenters. The van der Waals surface area contributed by atoms with Crippen LogP contribution in [0.2, 0.25) is 0 Å². The molecule has 0 spiro atoms. The van der Waals surface area contributed by atoms with Crippen LogP contribution in [0.1, 0.15) is 124 Å². The number of methoxy groups -OCH3 is 3. The minimum absolute atomic E-state index is 0.0836. The third-order valence-corrected chi connectivity index (χ3v) is 14.4. The van der Waals surface area contributed by atoms with Gasteiger partial charge in [-0.3, -0.25) is 14.4 Å². The zero-order valence-electron chi connectivity index (χ0n) is 40.5. The van der Waals surface area contributed by atoms with Crippen LogP contribution in [0, 0.1) is 29.6 Å². The van der Waals surface area contributed by atoms with Crippen LogP contribution >= 0.6 is 0 Å². The molecule has 3 heterocycles. The maximum absolute atomic E-state index is 14.5. The number of nitrogens with zero attached hydrogens (tertiary/aromatic N) is 1. The molecule has 0 radical (unpaired) electrons. The van der Waals surface area contributed by atoms with Gasteiger partial charge in [0.1, 0.15) is 29.8 Å². The molecule has 13 heteroatoms. The number of carbonyl (C=O) groups is 4. The van der Waals surface area contributed by atoms with E-state index in [0.717, 1.165) is 35.3 Å². The number of allylic oxidation sites excluding steroid dienone is 3. The highest BCUT2D eigenvalue weighted by Crippen LogP contribution is 2.39. The first-order valence-corrected chi connectivity index (χ1v) is 24.1. The number of Topliss-reactive ketones (excluding diaryl/α,β-unsaturated/α-hetero) is 2. The normalized spacial score (nSPS) is 35.5. The van der Waals surface area contributed by atoms with Gasteiger partial charge in [0, 0.05) is 45.1 Å². The number of rotatable bonds is 10. The number of ketones is 2. The number of benzene rings is 1. The molecule has 362 valence electrons. The summed E-state index contributed by atoms with van der Waals surface area (Å²) in [5, 5.41) is 12.1. The van der Waals surface area contributed by atoms with Gasteiger partial charge in [-0.2, -0.15) is 0 Å². The lowest BCUT2D eigenvalue weighted by Gasteiger charge is -2.47. The van der Waals surface area contributed by atoms with E-state index in [-0.39, 0.29) is 54.6 Å². The van der Waals surface area contributed by atoms with E-state index >= 15 is 0 Å². The smallest absolute Gasteiger partial charge is 0.329 e. The topological polar surface area (TPSA) is 173 Å². The van der Waals surface area contributed by atoms with E-state index in [1.165, 1.54) is 4.90 Å². The zero-order valence-corrected chi connectivity index (χ0v) is 40.5. The third-order valence-electron chi connectivity index (χ3n) is 14.4. The van der Waals surface area contributed by atoms with Gasteiger partial charge >= 0.3 is 5.97 Å². The molecule has 3 fully saturated rings. The van der Waals surface area contributed by atoms with Gasteiger partial charge in [-0.1, -0.05) is 69.7 Å². The van der Waals surface area contributed by atoms with Gasteiger partial charge in [0.25, 0.3) is 11.7 Å². The van der Waals surface area contributed by atoms with Gasteiger partial charge in [-0.25, -0.2) is 4.79 Å². The first-order chi connectivity index (χ1) is 31.0. The van der Waals surface area contributed by atoms with Crippen LogP contribution in [0.3, 0.4) is 0 Å². The first-order valence-electron chi connectivity index (χ1n) is 24.1. The number of piperidine rings is 1. The Kier molecular flexibility index (Phi) is 19.6. The van der Waals surface area contributed by atoms with Crippen molar-refractivity contribution in [2.75, 3.05) is 34.5 Å². The predicted molar refractivity (Wildman–Crippen MR) is 250 cm³/mol. The standard InChI is InChI=1S/C52H78N2O11/c1-10-39-27-32(2)26-33(3)28-45(61-8)48-46(62-9)30-36(6)52(59,65-48)49(56)50(57)54-24-12-11-15-42(54)51(58)64-47(34(4)16-23-43(39)55)35(5)29-38-19-22-41(53)44(31-38)63-25-13-14-37-17-20-40(60-7)21-18-37/h13-14,17-18,20-21,27,29,33-34,36,38-39,41-42,44-48,59H,10-12,15-16,19,22-26,28,30-31,53H2,1-9H3. The van der Waals surface area contributed by atoms with Gasteiger partial charge in [-0.05, 0) is 125 Å². The van der Waals surface area contributed by atoms with Gasteiger partial charge in [0.2, 0.25) is 5.79 Å². The number of cyclic esters (lactones) is 1. The number of nitrogens with two attached hydrogens (primary N) is 1. The van der Waals surface area contributed by atoms with E-state index in [1.54, 1.807) is 28.3 Å². The van der Waals surface area contributed by atoms with Crippen LogP contribution in [0.5, 0.6) is 5.75 Å². The van der Waals surface area contributed by atoms with Crippen LogP contribution in [0.25, 0.3) is 6.08 Å². The van der Waals surface area contributed by atoms with E-state index in [0.29, 0.717) is 64.4 Å². The molecule has 2 bridgehead atoms. The molecule has 5 rings (SSSR count). The summed E-state index contributed by atoms with van der Waals surface area (Å²) in [6, 6.07) is 6.62. The quantitative estimate of drug-likeness (QED) is 0.134. The number of carbonyl (C=O) groups excluding carboxylic acids is 4. The molecule has 2 saturated heterocycles. The van der Waals surface area contributed by atoms with Crippen molar-refractivity contribution in [2.24, 2.45) is 35.3 Å². The molecule has 13 atom stereocenters. The fraction of sp³-hybridized carbons (Fsp3) is 0.692. The summed E-state index contributed by atoms with van der Waals surface area (Å²) in [5.41, 5.74) is 9.55. The van der Waals surface area contributed by atoms with E-state index in [2.05, 4.69) is 19.1 Å². The van der Waals surface area contributed by atoms with Gasteiger partial charge in [-0.15, -0.1) is 0 Å². The molecule has 3 aliphatic heterocycles. The third kappa shape index (κ3) is 13.5. The Bertz CT molecular complexity index is 1850. The molecular formula is C52H78N2O11. The lowest BCUT2D eigenvalue weighted by Crippen LogP contribution is -2.64. The molecule has 3 N–H and O–H groups in total. The van der Waals surface area contributed by atoms with Crippen molar-refractivity contribution in [1.29, 1.82) is 0 Å². The molecule has 4 aliphatic rings. The maximum atomic E-state index is 14.5. The Morgan fingerprint density at radius 3 is 2.32 bits per heavy atom. The van der Waals surface area contributed by atoms with Crippen molar-refractivity contribution >= 4 is 29.5 Å². The highest BCUT2D eigenvalue weighted by atomic mass is 16.7. The molecule has 13 nitrogen and oxygen atoms in total. The molecule has 1 aromatic rings. The number of hydrogen-bond donors (Lipinski definition) is 2. The van der Waals surface area contributed by atoms with Crippen molar-refractivity contribution in [2.45, 2.75) is 167 Å². The molecule has 1 saturated carbocycles. The fourth-order valence-electron chi connectivity index (χ4n) is 10.5. The average Bonchev–Trinajstić information content (AvgIpc) is 3.30. The molecule has 0 aromatic heterocycles. The average molecular weight is 907 g/mol. The summed E-state index contributed by atoms with van der Waals surface area (Å²) in [4.78, 5) is 58.4. The highest BCUT2D eigenvalue weighted by Gasteiger charge is 2.56. The number of amides is 1. The van der Waals surface area contributed by atoms with E-state index in [9.17, 15) is 24.3 Å².